The average Bonchev–Trinajstić information content (AvgIpc) is 2.17. The maximum Gasteiger partial charge on any atom is -0.0103 e. The molecule has 7 heavy (non-hydrogen) atoms. The van der Waals surface area contributed by atoms with E-state index in [-0.39, 0.29) is 0 Å². The normalized spacial score (nSPS) is 18.9. The standard InChI is InChI=1S/C7H12/c1-5(2)7-4-6(7)3/h5H,4H2,1-3H3. The van der Waals surface area contributed by atoms with Gasteiger partial charge in [0.15, 0.2) is 0 Å². The zero-order valence-electron chi connectivity index (χ0n) is 5.28. The Bertz CT molecular complexity index is 107. The zero-order chi connectivity index (χ0) is 5.44. The molecule has 0 aromatic rings. The maximum absolute atomic E-state index is 2.26. The molecule has 1 rings (SSSR count). The molecule has 0 amide bonds. The third kappa shape index (κ3) is 0.846. The second-order valence-electron chi connectivity index (χ2n) is 2.64. The van der Waals surface area contributed by atoms with Crippen molar-refractivity contribution in [3.8, 4) is 0 Å². The lowest BCUT2D eigenvalue weighted by Crippen LogP contribution is -1.77. The fraction of sp³-hybridized carbons (Fsp3) is 0.714. The smallest absolute Gasteiger partial charge is 0.0103 e. The van der Waals surface area contributed by atoms with E-state index >= 15 is 0 Å². The predicted molar refractivity (Wildman–Crippen MR) is 32.2 cm³/mol. The van der Waals surface area contributed by atoms with Crippen LogP contribution in [0.4, 0.5) is 0 Å². The SMILES string of the molecule is CC1=C(C(C)C)C1. The Morgan fingerprint density at radius 2 is 1.86 bits per heavy atom. The molecule has 40 valence electrons. The first kappa shape index (κ1) is 4.89. The Labute approximate surface area is 45.2 Å². The van der Waals surface area contributed by atoms with E-state index in [1.54, 1.807) is 11.1 Å². The largest absolute Gasteiger partial charge is 0.0695 e. The van der Waals surface area contributed by atoms with Gasteiger partial charge in [0.05, 0.1) is 0 Å². The van der Waals surface area contributed by atoms with Crippen LogP contribution < -0.4 is 0 Å². The van der Waals surface area contributed by atoms with Gasteiger partial charge in [-0.15, -0.1) is 0 Å². The minimum atomic E-state index is 0.819. The minimum absolute atomic E-state index is 0.819. The summed E-state index contributed by atoms with van der Waals surface area (Å²) in [5.74, 6) is 0.819. The lowest BCUT2D eigenvalue weighted by molar-refractivity contribution is 0.794. The van der Waals surface area contributed by atoms with E-state index in [9.17, 15) is 0 Å². The molecule has 0 atom stereocenters. The molecule has 0 saturated heterocycles. The molecule has 0 aromatic heterocycles. The molecule has 1 aliphatic rings. The zero-order valence-corrected chi connectivity index (χ0v) is 5.28. The summed E-state index contributed by atoms with van der Waals surface area (Å²) in [6.07, 6.45) is 1.32. The van der Waals surface area contributed by atoms with Crippen LogP contribution in [-0.2, 0) is 0 Å². The van der Waals surface area contributed by atoms with E-state index in [4.69, 9.17) is 0 Å². The first-order chi connectivity index (χ1) is 3.22. The number of hydrogen-bond donors (Lipinski definition) is 0. The van der Waals surface area contributed by atoms with Gasteiger partial charge in [-0.25, -0.2) is 0 Å². The van der Waals surface area contributed by atoms with Gasteiger partial charge in [-0.05, 0) is 19.3 Å². The molecule has 0 bridgehead atoms. The van der Waals surface area contributed by atoms with Crippen molar-refractivity contribution in [1.29, 1.82) is 0 Å². The lowest BCUT2D eigenvalue weighted by atomic mass is 10.2. The van der Waals surface area contributed by atoms with Crippen LogP contribution in [0.1, 0.15) is 27.2 Å². The molecule has 0 N–H and O–H groups in total. The van der Waals surface area contributed by atoms with E-state index in [0.717, 1.165) is 5.92 Å². The van der Waals surface area contributed by atoms with E-state index in [0.29, 0.717) is 0 Å². The Hall–Kier alpha value is -0.260. The summed E-state index contributed by atoms with van der Waals surface area (Å²) >= 11 is 0. The molecule has 0 radical (unpaired) electrons. The molecule has 1 aliphatic carbocycles. The molecule has 0 nitrogen and oxygen atoms in total. The van der Waals surface area contributed by atoms with Gasteiger partial charge in [0.25, 0.3) is 0 Å². The van der Waals surface area contributed by atoms with Crippen molar-refractivity contribution >= 4 is 0 Å². The van der Waals surface area contributed by atoms with Gasteiger partial charge in [-0.3, -0.25) is 0 Å². The third-order valence-corrected chi connectivity index (χ3v) is 1.58. The topological polar surface area (TPSA) is 0 Å². The monoisotopic (exact) mass is 96.1 g/mol. The molecule has 0 unspecified atom stereocenters. The molecular weight excluding hydrogens is 84.1 g/mol. The van der Waals surface area contributed by atoms with Crippen molar-refractivity contribution in [2.45, 2.75) is 27.2 Å². The number of allylic oxidation sites excluding steroid dienone is 2. The van der Waals surface area contributed by atoms with Gasteiger partial charge >= 0.3 is 0 Å². The Balaban J connectivity index is 2.45. The minimum Gasteiger partial charge on any atom is -0.0695 e. The van der Waals surface area contributed by atoms with Crippen molar-refractivity contribution in [1.82, 2.24) is 0 Å². The summed E-state index contributed by atoms with van der Waals surface area (Å²) in [6, 6.07) is 0. The Morgan fingerprint density at radius 3 is 1.86 bits per heavy atom. The van der Waals surface area contributed by atoms with Crippen molar-refractivity contribution in [2.75, 3.05) is 0 Å². The van der Waals surface area contributed by atoms with Crippen LogP contribution in [0.3, 0.4) is 0 Å². The van der Waals surface area contributed by atoms with Crippen molar-refractivity contribution in [3.63, 3.8) is 0 Å². The highest BCUT2D eigenvalue weighted by molar-refractivity contribution is 5.33. The van der Waals surface area contributed by atoms with E-state index in [2.05, 4.69) is 20.8 Å². The average molecular weight is 96.2 g/mol. The molecule has 0 heteroatoms. The molecule has 0 aliphatic heterocycles. The van der Waals surface area contributed by atoms with Gasteiger partial charge in [0, 0.05) is 0 Å². The quantitative estimate of drug-likeness (QED) is 0.439. The molecule has 0 spiro atoms. The van der Waals surface area contributed by atoms with Crippen LogP contribution in [0, 0.1) is 5.92 Å². The Morgan fingerprint density at radius 1 is 1.43 bits per heavy atom. The fourth-order valence-corrected chi connectivity index (χ4v) is 0.938. The highest BCUT2D eigenvalue weighted by atomic mass is 14.2. The summed E-state index contributed by atoms with van der Waals surface area (Å²) in [5, 5.41) is 0. The third-order valence-electron chi connectivity index (χ3n) is 1.58. The van der Waals surface area contributed by atoms with E-state index in [1.807, 2.05) is 0 Å². The first-order valence-electron chi connectivity index (χ1n) is 2.90. The van der Waals surface area contributed by atoms with Crippen molar-refractivity contribution in [2.24, 2.45) is 5.92 Å². The van der Waals surface area contributed by atoms with Gasteiger partial charge in [-0.1, -0.05) is 25.0 Å². The van der Waals surface area contributed by atoms with Crippen molar-refractivity contribution in [3.05, 3.63) is 11.1 Å². The molecule has 0 aromatic carbocycles. The second-order valence-corrected chi connectivity index (χ2v) is 2.64. The van der Waals surface area contributed by atoms with Crippen LogP contribution in [0.25, 0.3) is 0 Å². The maximum atomic E-state index is 2.26. The molecule has 0 fully saturated rings. The van der Waals surface area contributed by atoms with Crippen LogP contribution >= 0.6 is 0 Å². The summed E-state index contributed by atoms with van der Waals surface area (Å²) in [4.78, 5) is 0. The van der Waals surface area contributed by atoms with Gasteiger partial charge in [0.1, 0.15) is 0 Å². The number of rotatable bonds is 1. The van der Waals surface area contributed by atoms with Gasteiger partial charge < -0.3 is 0 Å². The molecule has 0 heterocycles. The summed E-state index contributed by atoms with van der Waals surface area (Å²) < 4.78 is 0. The first-order valence-corrected chi connectivity index (χ1v) is 2.90. The Kier molecular flexibility index (Phi) is 0.949. The highest BCUT2D eigenvalue weighted by Gasteiger charge is 2.18. The van der Waals surface area contributed by atoms with Gasteiger partial charge in [-0.2, -0.15) is 0 Å². The van der Waals surface area contributed by atoms with Crippen LogP contribution in [0.15, 0.2) is 11.1 Å². The summed E-state index contributed by atoms with van der Waals surface area (Å²) in [7, 11) is 0. The van der Waals surface area contributed by atoms with Crippen LogP contribution in [-0.4, -0.2) is 0 Å². The van der Waals surface area contributed by atoms with Crippen LogP contribution in [0.5, 0.6) is 0 Å². The molecular formula is C7H12. The molecule has 0 saturated carbocycles. The predicted octanol–water partition coefficient (Wildman–Crippen LogP) is 2.36. The summed E-state index contributed by atoms with van der Waals surface area (Å²) in [5.41, 5.74) is 3.30. The van der Waals surface area contributed by atoms with Gasteiger partial charge in [0.2, 0.25) is 0 Å². The van der Waals surface area contributed by atoms with Crippen LogP contribution in [0.2, 0.25) is 0 Å². The number of hydrogen-bond acceptors (Lipinski definition) is 0. The fourth-order valence-electron chi connectivity index (χ4n) is 0.938. The van der Waals surface area contributed by atoms with E-state index in [1.165, 1.54) is 6.42 Å². The summed E-state index contributed by atoms with van der Waals surface area (Å²) in [6.45, 7) is 6.73. The lowest BCUT2D eigenvalue weighted by Gasteiger charge is -1.90. The van der Waals surface area contributed by atoms with E-state index < -0.39 is 0 Å². The highest BCUT2D eigenvalue weighted by Crippen LogP contribution is 2.35. The second kappa shape index (κ2) is 1.36. The van der Waals surface area contributed by atoms with Crippen molar-refractivity contribution < 1.29 is 0 Å².